The lowest BCUT2D eigenvalue weighted by molar-refractivity contribution is 0.102. The molecule has 3 rings (SSSR count). The van der Waals surface area contributed by atoms with Gasteiger partial charge in [0.2, 0.25) is 0 Å². The molecule has 0 unspecified atom stereocenters. The van der Waals surface area contributed by atoms with Gasteiger partial charge in [-0.3, -0.25) is 4.79 Å². The average Bonchev–Trinajstić information content (AvgIpc) is 2.48. The molecule has 21 heavy (non-hydrogen) atoms. The quantitative estimate of drug-likeness (QED) is 0.895. The van der Waals surface area contributed by atoms with Crippen LogP contribution in [0.2, 0.25) is 0 Å². The van der Waals surface area contributed by atoms with Crippen LogP contribution in [0.25, 0.3) is 0 Å². The first-order valence-electron chi connectivity index (χ1n) is 6.62. The van der Waals surface area contributed by atoms with Gasteiger partial charge >= 0.3 is 0 Å². The molecular formula is C16H16ClFN2O. The molecule has 0 spiro atoms. The van der Waals surface area contributed by atoms with Crippen molar-refractivity contribution >= 4 is 24.0 Å². The van der Waals surface area contributed by atoms with E-state index in [-0.39, 0.29) is 24.1 Å². The van der Waals surface area contributed by atoms with E-state index < -0.39 is 0 Å². The van der Waals surface area contributed by atoms with Crippen molar-refractivity contribution in [2.75, 3.05) is 11.9 Å². The van der Waals surface area contributed by atoms with E-state index in [0.29, 0.717) is 5.56 Å². The number of amides is 1. The summed E-state index contributed by atoms with van der Waals surface area (Å²) in [6.45, 7) is 1.84. The Morgan fingerprint density at radius 3 is 2.62 bits per heavy atom. The van der Waals surface area contributed by atoms with E-state index >= 15 is 0 Å². The monoisotopic (exact) mass is 306 g/mol. The van der Waals surface area contributed by atoms with Crippen LogP contribution in [0.1, 0.15) is 21.5 Å². The van der Waals surface area contributed by atoms with Crippen LogP contribution in [0, 0.1) is 5.82 Å². The second-order valence-electron chi connectivity index (χ2n) is 4.87. The lowest BCUT2D eigenvalue weighted by atomic mass is 10.0. The van der Waals surface area contributed by atoms with Crippen LogP contribution in [-0.4, -0.2) is 12.5 Å². The maximum atomic E-state index is 12.8. The van der Waals surface area contributed by atoms with Crippen LogP contribution in [0.5, 0.6) is 0 Å². The van der Waals surface area contributed by atoms with E-state index in [4.69, 9.17) is 0 Å². The van der Waals surface area contributed by atoms with Gasteiger partial charge in [0.25, 0.3) is 5.91 Å². The fraction of sp³-hybridized carbons (Fsp3) is 0.188. The maximum absolute atomic E-state index is 12.8. The molecule has 2 aromatic rings. The number of anilines is 1. The van der Waals surface area contributed by atoms with Crippen molar-refractivity contribution in [1.29, 1.82) is 0 Å². The number of halogens is 2. The largest absolute Gasteiger partial charge is 0.322 e. The highest BCUT2D eigenvalue weighted by molar-refractivity contribution is 6.04. The van der Waals surface area contributed by atoms with Gasteiger partial charge in [-0.1, -0.05) is 6.07 Å². The van der Waals surface area contributed by atoms with E-state index in [1.807, 2.05) is 18.2 Å². The lowest BCUT2D eigenvalue weighted by Crippen LogP contribution is -2.23. The van der Waals surface area contributed by atoms with Gasteiger partial charge in [-0.2, -0.15) is 0 Å². The maximum Gasteiger partial charge on any atom is 0.255 e. The number of rotatable bonds is 2. The fourth-order valence-electron chi connectivity index (χ4n) is 2.36. The van der Waals surface area contributed by atoms with Crippen LogP contribution < -0.4 is 10.6 Å². The molecule has 2 N–H and O–H groups in total. The summed E-state index contributed by atoms with van der Waals surface area (Å²) < 4.78 is 12.8. The Balaban J connectivity index is 0.00000161. The Labute approximate surface area is 129 Å². The molecule has 1 heterocycles. The van der Waals surface area contributed by atoms with Crippen molar-refractivity contribution in [1.82, 2.24) is 5.32 Å². The van der Waals surface area contributed by atoms with Gasteiger partial charge in [-0.15, -0.1) is 12.4 Å². The van der Waals surface area contributed by atoms with Crippen molar-refractivity contribution in [3.05, 3.63) is 65.0 Å². The summed E-state index contributed by atoms with van der Waals surface area (Å²) in [4.78, 5) is 12.0. The molecule has 3 nitrogen and oxygen atoms in total. The van der Waals surface area contributed by atoms with E-state index in [9.17, 15) is 9.18 Å². The average molecular weight is 307 g/mol. The zero-order valence-corrected chi connectivity index (χ0v) is 12.2. The van der Waals surface area contributed by atoms with Crippen LogP contribution in [0.15, 0.2) is 42.5 Å². The summed E-state index contributed by atoms with van der Waals surface area (Å²) in [5.41, 5.74) is 3.77. The molecular weight excluding hydrogens is 291 g/mol. The molecule has 1 aliphatic heterocycles. The van der Waals surface area contributed by atoms with Gasteiger partial charge in [0.05, 0.1) is 0 Å². The normalized spacial score (nSPS) is 13.0. The topological polar surface area (TPSA) is 41.1 Å². The fourth-order valence-corrected chi connectivity index (χ4v) is 2.36. The molecule has 0 fully saturated rings. The van der Waals surface area contributed by atoms with Crippen LogP contribution in [0.3, 0.4) is 0 Å². The molecule has 0 saturated heterocycles. The number of carbonyl (C=O) groups is 1. The van der Waals surface area contributed by atoms with Crippen molar-refractivity contribution in [3.8, 4) is 0 Å². The van der Waals surface area contributed by atoms with Crippen LogP contribution in [-0.2, 0) is 13.0 Å². The molecule has 0 bridgehead atoms. The first-order chi connectivity index (χ1) is 9.72. The Hall–Kier alpha value is -1.91. The number of nitrogens with one attached hydrogen (secondary N) is 2. The predicted octanol–water partition coefficient (Wildman–Crippen LogP) is 3.15. The number of benzene rings is 2. The molecule has 1 aliphatic rings. The van der Waals surface area contributed by atoms with Gasteiger partial charge in [-0.05, 0) is 60.5 Å². The highest BCUT2D eigenvalue weighted by Crippen LogP contribution is 2.19. The van der Waals surface area contributed by atoms with Crippen LogP contribution >= 0.6 is 12.4 Å². The lowest BCUT2D eigenvalue weighted by Gasteiger charge is -2.18. The second-order valence-corrected chi connectivity index (χ2v) is 4.87. The van der Waals surface area contributed by atoms with Crippen LogP contribution in [0.4, 0.5) is 10.1 Å². The van der Waals surface area contributed by atoms with E-state index in [1.165, 1.54) is 35.4 Å². The van der Waals surface area contributed by atoms with E-state index in [2.05, 4.69) is 10.6 Å². The molecule has 0 atom stereocenters. The summed E-state index contributed by atoms with van der Waals surface area (Å²) in [6, 6.07) is 11.5. The van der Waals surface area contributed by atoms with Gasteiger partial charge in [0.1, 0.15) is 5.82 Å². The number of hydrogen-bond acceptors (Lipinski definition) is 2. The Kier molecular flexibility index (Phi) is 4.94. The van der Waals surface area contributed by atoms with Crippen molar-refractivity contribution < 1.29 is 9.18 Å². The van der Waals surface area contributed by atoms with Gasteiger partial charge < -0.3 is 10.6 Å². The summed E-state index contributed by atoms with van der Waals surface area (Å²) in [5.74, 6) is -0.568. The third-order valence-corrected chi connectivity index (χ3v) is 3.46. The zero-order valence-electron chi connectivity index (χ0n) is 11.4. The minimum absolute atomic E-state index is 0. The number of hydrogen-bond donors (Lipinski definition) is 2. The molecule has 110 valence electrons. The Morgan fingerprint density at radius 2 is 1.86 bits per heavy atom. The van der Waals surface area contributed by atoms with Crippen molar-refractivity contribution in [2.24, 2.45) is 0 Å². The molecule has 0 radical (unpaired) electrons. The van der Waals surface area contributed by atoms with Gasteiger partial charge in [-0.25, -0.2) is 4.39 Å². The predicted molar refractivity (Wildman–Crippen MR) is 83.5 cm³/mol. The van der Waals surface area contributed by atoms with Crippen molar-refractivity contribution in [2.45, 2.75) is 13.0 Å². The van der Waals surface area contributed by atoms with E-state index in [1.54, 1.807) is 0 Å². The summed E-state index contributed by atoms with van der Waals surface area (Å²) >= 11 is 0. The third-order valence-electron chi connectivity index (χ3n) is 3.46. The summed E-state index contributed by atoms with van der Waals surface area (Å²) in [6.07, 6.45) is 0.968. The number of carbonyl (C=O) groups excluding carboxylic acids is 1. The smallest absolute Gasteiger partial charge is 0.255 e. The molecule has 2 aromatic carbocycles. The summed E-state index contributed by atoms with van der Waals surface area (Å²) in [7, 11) is 0. The highest BCUT2D eigenvalue weighted by atomic mass is 35.5. The first-order valence-corrected chi connectivity index (χ1v) is 6.62. The Morgan fingerprint density at radius 1 is 1.10 bits per heavy atom. The zero-order chi connectivity index (χ0) is 13.9. The minimum atomic E-state index is -0.345. The minimum Gasteiger partial charge on any atom is -0.322 e. The SMILES string of the molecule is Cl.O=C(Nc1ccc2c(c1)CCNC2)c1ccc(F)cc1. The number of fused-ring (bicyclic) bond motifs is 1. The Bertz CT molecular complexity index is 643. The molecule has 5 heteroatoms. The van der Waals surface area contributed by atoms with Gasteiger partial charge in [0.15, 0.2) is 0 Å². The third kappa shape index (κ3) is 3.60. The molecule has 0 saturated carbocycles. The summed E-state index contributed by atoms with van der Waals surface area (Å²) in [5, 5.41) is 6.16. The second kappa shape index (κ2) is 6.70. The standard InChI is InChI=1S/C16H15FN2O.ClH/c17-14-4-1-11(2-5-14)16(20)19-15-6-3-13-10-18-8-7-12(13)9-15;/h1-6,9,18H,7-8,10H2,(H,19,20);1H. The van der Waals surface area contributed by atoms with Crippen molar-refractivity contribution in [3.63, 3.8) is 0 Å². The van der Waals surface area contributed by atoms with E-state index in [0.717, 1.165) is 25.2 Å². The molecule has 0 aliphatic carbocycles. The highest BCUT2D eigenvalue weighted by Gasteiger charge is 2.11. The molecule has 1 amide bonds. The van der Waals surface area contributed by atoms with Gasteiger partial charge in [0, 0.05) is 17.8 Å². The first kappa shape index (κ1) is 15.5. The molecule has 0 aromatic heterocycles.